The van der Waals surface area contributed by atoms with Crippen molar-refractivity contribution in [1.82, 2.24) is 10.2 Å². The van der Waals surface area contributed by atoms with Crippen molar-refractivity contribution in [1.29, 1.82) is 0 Å². The van der Waals surface area contributed by atoms with Gasteiger partial charge in [0.05, 0.1) is 6.04 Å². The van der Waals surface area contributed by atoms with Crippen molar-refractivity contribution in [2.75, 3.05) is 20.1 Å². The number of likely N-dealkylation sites (N-methyl/N-ethyl adjacent to an activating group) is 1. The lowest BCUT2D eigenvalue weighted by atomic mass is 9.97. The summed E-state index contributed by atoms with van der Waals surface area (Å²) in [6.07, 6.45) is 6.57. The first-order chi connectivity index (χ1) is 8.70. The van der Waals surface area contributed by atoms with Crippen LogP contribution in [0.5, 0.6) is 0 Å². The lowest BCUT2D eigenvalue weighted by Gasteiger charge is -2.28. The Labute approximate surface area is 110 Å². The molecule has 0 aromatic heterocycles. The first-order valence-corrected chi connectivity index (χ1v) is 7.66. The molecule has 3 fully saturated rings. The summed E-state index contributed by atoms with van der Waals surface area (Å²) < 4.78 is 0. The fourth-order valence-corrected chi connectivity index (χ4v) is 4.24. The molecular formula is C15H26N2O. The van der Waals surface area contributed by atoms with Crippen molar-refractivity contribution in [3.63, 3.8) is 0 Å². The van der Waals surface area contributed by atoms with Crippen molar-refractivity contribution >= 4 is 5.91 Å². The van der Waals surface area contributed by atoms with E-state index < -0.39 is 0 Å². The number of rotatable bonds is 3. The van der Waals surface area contributed by atoms with Gasteiger partial charge in [0.25, 0.3) is 0 Å². The molecule has 0 bridgehead atoms. The predicted octanol–water partition coefficient (Wildman–Crippen LogP) is 1.88. The minimum atomic E-state index is 0.0453. The lowest BCUT2D eigenvalue weighted by Crippen LogP contribution is -2.48. The van der Waals surface area contributed by atoms with Crippen LogP contribution in [0, 0.1) is 23.7 Å². The second-order valence-electron chi connectivity index (χ2n) is 6.67. The summed E-state index contributed by atoms with van der Waals surface area (Å²) in [4.78, 5) is 14.7. The van der Waals surface area contributed by atoms with Gasteiger partial charge in [-0.15, -0.1) is 0 Å². The number of fused-ring (bicyclic) bond motifs is 1. The number of carbonyl (C=O) groups excluding carboxylic acids is 1. The van der Waals surface area contributed by atoms with Crippen LogP contribution in [0.2, 0.25) is 0 Å². The van der Waals surface area contributed by atoms with E-state index in [4.69, 9.17) is 0 Å². The van der Waals surface area contributed by atoms with Crippen LogP contribution < -0.4 is 5.32 Å². The van der Waals surface area contributed by atoms with Gasteiger partial charge in [0.2, 0.25) is 5.91 Å². The van der Waals surface area contributed by atoms with Gasteiger partial charge in [-0.25, -0.2) is 0 Å². The average Bonchev–Trinajstić information content (AvgIpc) is 3.05. The molecule has 3 heteroatoms. The monoisotopic (exact) mass is 250 g/mol. The van der Waals surface area contributed by atoms with Crippen LogP contribution in [0.1, 0.15) is 39.0 Å². The molecule has 5 atom stereocenters. The van der Waals surface area contributed by atoms with Crippen molar-refractivity contribution in [3.8, 4) is 0 Å². The number of nitrogens with zero attached hydrogens (tertiary/aromatic N) is 1. The lowest BCUT2D eigenvalue weighted by molar-refractivity contribution is -0.134. The molecule has 0 spiro atoms. The average molecular weight is 250 g/mol. The Morgan fingerprint density at radius 1 is 1.33 bits per heavy atom. The summed E-state index contributed by atoms with van der Waals surface area (Å²) in [5.41, 5.74) is 0. The largest absolute Gasteiger partial charge is 0.341 e. The SMILES string of the molecule is CNC1C(=O)N(CC2CCC3CC32)CCCC1C. The zero-order chi connectivity index (χ0) is 12.7. The van der Waals surface area contributed by atoms with Gasteiger partial charge < -0.3 is 10.2 Å². The van der Waals surface area contributed by atoms with Gasteiger partial charge in [-0.1, -0.05) is 6.92 Å². The topological polar surface area (TPSA) is 32.3 Å². The summed E-state index contributed by atoms with van der Waals surface area (Å²) in [6.45, 7) is 4.22. The maximum atomic E-state index is 12.6. The Morgan fingerprint density at radius 3 is 2.78 bits per heavy atom. The van der Waals surface area contributed by atoms with Gasteiger partial charge in [0, 0.05) is 13.1 Å². The highest BCUT2D eigenvalue weighted by Gasteiger charge is 2.48. The number of likely N-dealkylation sites (tertiary alicyclic amines) is 1. The van der Waals surface area contributed by atoms with E-state index in [0.717, 1.165) is 30.8 Å². The molecule has 3 aliphatic rings. The van der Waals surface area contributed by atoms with Gasteiger partial charge in [-0.3, -0.25) is 4.79 Å². The molecule has 18 heavy (non-hydrogen) atoms. The minimum Gasteiger partial charge on any atom is -0.341 e. The third kappa shape index (κ3) is 2.18. The third-order valence-electron chi connectivity index (χ3n) is 5.49. The van der Waals surface area contributed by atoms with Crippen LogP contribution >= 0.6 is 0 Å². The number of hydrogen-bond acceptors (Lipinski definition) is 2. The zero-order valence-corrected chi connectivity index (χ0v) is 11.7. The molecule has 1 amide bonds. The molecule has 102 valence electrons. The van der Waals surface area contributed by atoms with E-state index in [-0.39, 0.29) is 6.04 Å². The molecule has 2 aliphatic carbocycles. The fourth-order valence-electron chi connectivity index (χ4n) is 4.24. The Bertz CT molecular complexity index is 330. The molecule has 5 unspecified atom stereocenters. The van der Waals surface area contributed by atoms with Crippen LogP contribution in [0.3, 0.4) is 0 Å². The summed E-state index contributed by atoms with van der Waals surface area (Å²) in [6, 6.07) is 0.0453. The number of amides is 1. The minimum absolute atomic E-state index is 0.0453. The molecule has 3 rings (SSSR count). The van der Waals surface area contributed by atoms with E-state index in [1.54, 1.807) is 0 Å². The highest BCUT2D eigenvalue weighted by atomic mass is 16.2. The predicted molar refractivity (Wildman–Crippen MR) is 72.1 cm³/mol. The molecule has 1 saturated heterocycles. The van der Waals surface area contributed by atoms with Crippen molar-refractivity contribution < 1.29 is 4.79 Å². The maximum absolute atomic E-state index is 12.6. The first-order valence-electron chi connectivity index (χ1n) is 7.66. The molecule has 0 radical (unpaired) electrons. The second kappa shape index (κ2) is 4.84. The van der Waals surface area contributed by atoms with Gasteiger partial charge in [0.15, 0.2) is 0 Å². The molecule has 1 N–H and O–H groups in total. The maximum Gasteiger partial charge on any atom is 0.239 e. The van der Waals surface area contributed by atoms with E-state index >= 15 is 0 Å². The number of nitrogens with one attached hydrogen (secondary N) is 1. The van der Waals surface area contributed by atoms with Gasteiger partial charge in [-0.2, -0.15) is 0 Å². The standard InChI is InChI=1S/C15H26N2O/c1-10-4-3-7-17(15(18)14(10)16-2)9-12-6-5-11-8-13(11)12/h10-14,16H,3-9H2,1-2H3. The molecule has 0 aromatic rings. The van der Waals surface area contributed by atoms with E-state index in [2.05, 4.69) is 17.1 Å². The highest BCUT2D eigenvalue weighted by Crippen LogP contribution is 2.55. The Balaban J connectivity index is 1.64. The molecular weight excluding hydrogens is 224 g/mol. The van der Waals surface area contributed by atoms with Gasteiger partial charge >= 0.3 is 0 Å². The Hall–Kier alpha value is -0.570. The molecule has 1 aliphatic heterocycles. The van der Waals surface area contributed by atoms with Crippen molar-refractivity contribution in [2.24, 2.45) is 23.7 Å². The summed E-state index contributed by atoms with van der Waals surface area (Å²) in [5, 5.41) is 3.23. The van der Waals surface area contributed by atoms with E-state index in [1.165, 1.54) is 32.1 Å². The second-order valence-corrected chi connectivity index (χ2v) is 6.67. The molecule has 2 saturated carbocycles. The number of carbonyl (C=O) groups is 1. The van der Waals surface area contributed by atoms with Crippen LogP contribution in [-0.4, -0.2) is 37.0 Å². The van der Waals surface area contributed by atoms with Gasteiger partial charge in [-0.05, 0) is 62.8 Å². The smallest absolute Gasteiger partial charge is 0.239 e. The van der Waals surface area contributed by atoms with Gasteiger partial charge in [0.1, 0.15) is 0 Å². The Kier molecular flexibility index (Phi) is 3.35. The van der Waals surface area contributed by atoms with Crippen molar-refractivity contribution in [2.45, 2.75) is 45.1 Å². The summed E-state index contributed by atoms with van der Waals surface area (Å²) >= 11 is 0. The first kappa shape index (κ1) is 12.5. The third-order valence-corrected chi connectivity index (χ3v) is 5.49. The van der Waals surface area contributed by atoms with Crippen LogP contribution in [0.25, 0.3) is 0 Å². The quantitative estimate of drug-likeness (QED) is 0.829. The van der Waals surface area contributed by atoms with Crippen LogP contribution in [0.4, 0.5) is 0 Å². The summed E-state index contributed by atoms with van der Waals surface area (Å²) in [5.74, 6) is 3.63. The number of hydrogen-bond donors (Lipinski definition) is 1. The van der Waals surface area contributed by atoms with Crippen LogP contribution in [0.15, 0.2) is 0 Å². The van der Waals surface area contributed by atoms with Crippen molar-refractivity contribution in [3.05, 3.63) is 0 Å². The molecule has 3 nitrogen and oxygen atoms in total. The molecule has 1 heterocycles. The van der Waals surface area contributed by atoms with Crippen LogP contribution in [-0.2, 0) is 4.79 Å². The van der Waals surface area contributed by atoms with E-state index in [1.807, 2.05) is 7.05 Å². The molecule has 0 aromatic carbocycles. The zero-order valence-electron chi connectivity index (χ0n) is 11.7. The van der Waals surface area contributed by atoms with E-state index in [0.29, 0.717) is 11.8 Å². The Morgan fingerprint density at radius 2 is 2.17 bits per heavy atom. The normalized spacial score (nSPS) is 43.8. The van der Waals surface area contributed by atoms with E-state index in [9.17, 15) is 4.79 Å². The fraction of sp³-hybridized carbons (Fsp3) is 0.933. The highest BCUT2D eigenvalue weighted by molar-refractivity contribution is 5.82. The summed E-state index contributed by atoms with van der Waals surface area (Å²) in [7, 11) is 1.93.